The van der Waals surface area contributed by atoms with E-state index in [1.54, 1.807) is 0 Å². The van der Waals surface area contributed by atoms with Crippen LogP contribution in [0.4, 0.5) is 5.69 Å². The monoisotopic (exact) mass is 373 g/mol. The minimum atomic E-state index is 0.0192. The highest BCUT2D eigenvalue weighted by molar-refractivity contribution is 14.1. The second kappa shape index (κ2) is 6.67. The van der Waals surface area contributed by atoms with Crippen LogP contribution in [0.2, 0.25) is 0 Å². The molecule has 0 aliphatic heterocycles. The summed E-state index contributed by atoms with van der Waals surface area (Å²) in [4.78, 5) is 14.1. The molecule has 1 saturated carbocycles. The topological polar surface area (TPSA) is 58.4 Å². The average molecular weight is 373 g/mol. The van der Waals surface area contributed by atoms with E-state index in [0.717, 1.165) is 9.26 Å². The van der Waals surface area contributed by atoms with Gasteiger partial charge in [0.2, 0.25) is 5.91 Å². The van der Waals surface area contributed by atoms with Crippen LogP contribution in [-0.4, -0.2) is 37.0 Å². The molecule has 1 aromatic carbocycles. The number of para-hydroxylation sites is 1. The second-order valence-corrected chi connectivity index (χ2v) is 6.25. The zero-order chi connectivity index (χ0) is 13.8. The molecule has 3 N–H and O–H groups in total. The molecule has 0 spiro atoms. The van der Waals surface area contributed by atoms with Gasteiger partial charge in [-0.15, -0.1) is 0 Å². The number of hydrogen-bond acceptors (Lipinski definition) is 3. The molecule has 0 saturated heterocycles. The van der Waals surface area contributed by atoms with E-state index in [0.29, 0.717) is 25.0 Å². The molecule has 4 nitrogen and oxygen atoms in total. The summed E-state index contributed by atoms with van der Waals surface area (Å²) in [6.45, 7) is 1.01. The van der Waals surface area contributed by atoms with Gasteiger partial charge in [0, 0.05) is 16.2 Å². The Morgan fingerprint density at radius 2 is 2.21 bits per heavy atom. The van der Waals surface area contributed by atoms with Gasteiger partial charge in [-0.1, -0.05) is 12.1 Å². The lowest BCUT2D eigenvalue weighted by Crippen LogP contribution is -2.43. The van der Waals surface area contributed by atoms with Crippen LogP contribution >= 0.6 is 22.6 Å². The predicted octanol–water partition coefficient (Wildman–Crippen LogP) is 1.90. The summed E-state index contributed by atoms with van der Waals surface area (Å²) in [6, 6.07) is 8.11. The third-order valence-electron chi connectivity index (χ3n) is 3.51. The van der Waals surface area contributed by atoms with Crippen molar-refractivity contribution in [2.75, 3.05) is 25.5 Å². The normalized spacial score (nSPS) is 16.4. The summed E-state index contributed by atoms with van der Waals surface area (Å²) >= 11 is 2.22. The van der Waals surface area contributed by atoms with E-state index >= 15 is 0 Å². The summed E-state index contributed by atoms with van der Waals surface area (Å²) in [5.74, 6) is 0.699. The quantitative estimate of drug-likeness (QED) is 0.749. The molecule has 5 heteroatoms. The Hall–Kier alpha value is -0.660. The first-order valence-corrected chi connectivity index (χ1v) is 7.64. The fraction of sp³-hybridized carbons (Fsp3) is 0.500. The van der Waals surface area contributed by atoms with Crippen LogP contribution in [0.25, 0.3) is 0 Å². The number of nitrogens with one attached hydrogen (secondary N) is 1. The Labute approximate surface area is 127 Å². The summed E-state index contributed by atoms with van der Waals surface area (Å²) < 4.78 is 1.05. The third kappa shape index (κ3) is 4.15. The van der Waals surface area contributed by atoms with Crippen molar-refractivity contribution in [3.8, 4) is 0 Å². The second-order valence-electron chi connectivity index (χ2n) is 5.08. The molecule has 19 heavy (non-hydrogen) atoms. The van der Waals surface area contributed by atoms with E-state index in [-0.39, 0.29) is 5.91 Å². The molecular weight excluding hydrogens is 353 g/mol. The highest BCUT2D eigenvalue weighted by Crippen LogP contribution is 2.34. The maximum absolute atomic E-state index is 12.0. The van der Waals surface area contributed by atoms with Crippen LogP contribution in [0.5, 0.6) is 0 Å². The van der Waals surface area contributed by atoms with Gasteiger partial charge in [0.25, 0.3) is 0 Å². The molecule has 2 rings (SSSR count). The predicted molar refractivity (Wildman–Crippen MR) is 86.0 cm³/mol. The number of amides is 1. The van der Waals surface area contributed by atoms with Gasteiger partial charge in [-0.25, -0.2) is 0 Å². The van der Waals surface area contributed by atoms with Gasteiger partial charge in [0.05, 0.1) is 12.2 Å². The Bertz CT molecular complexity index is 448. The first kappa shape index (κ1) is 14.7. The number of nitrogens with zero attached hydrogens (tertiary/aromatic N) is 1. The van der Waals surface area contributed by atoms with Crippen molar-refractivity contribution in [2.45, 2.75) is 18.9 Å². The summed E-state index contributed by atoms with van der Waals surface area (Å²) in [7, 11) is 1.98. The molecule has 1 aromatic rings. The van der Waals surface area contributed by atoms with Gasteiger partial charge in [-0.3, -0.25) is 9.69 Å². The van der Waals surface area contributed by atoms with Crippen LogP contribution in [0.3, 0.4) is 0 Å². The lowest BCUT2D eigenvalue weighted by atomic mass is 10.1. The van der Waals surface area contributed by atoms with Crippen molar-refractivity contribution in [2.24, 2.45) is 11.7 Å². The zero-order valence-corrected chi connectivity index (χ0v) is 13.3. The van der Waals surface area contributed by atoms with Crippen molar-refractivity contribution in [3.05, 3.63) is 27.8 Å². The van der Waals surface area contributed by atoms with Gasteiger partial charge in [-0.2, -0.15) is 0 Å². The summed E-state index contributed by atoms with van der Waals surface area (Å²) in [5.41, 5.74) is 6.66. The number of rotatable bonds is 6. The third-order valence-corrected chi connectivity index (χ3v) is 4.46. The van der Waals surface area contributed by atoms with Crippen LogP contribution < -0.4 is 11.1 Å². The molecule has 1 aliphatic carbocycles. The molecule has 1 unspecified atom stereocenters. The van der Waals surface area contributed by atoms with Crippen molar-refractivity contribution < 1.29 is 4.79 Å². The fourth-order valence-electron chi connectivity index (χ4n) is 2.31. The Morgan fingerprint density at radius 1 is 1.53 bits per heavy atom. The number of anilines is 1. The molecule has 1 atom stereocenters. The maximum Gasteiger partial charge on any atom is 0.238 e. The van der Waals surface area contributed by atoms with E-state index < -0.39 is 0 Å². The molecule has 0 radical (unpaired) electrons. The number of carbonyl (C=O) groups is 1. The van der Waals surface area contributed by atoms with Crippen molar-refractivity contribution in [3.63, 3.8) is 0 Å². The van der Waals surface area contributed by atoms with Crippen LogP contribution in [-0.2, 0) is 4.79 Å². The van der Waals surface area contributed by atoms with Gasteiger partial charge in [0.15, 0.2) is 0 Å². The Balaban J connectivity index is 1.88. The number of carbonyl (C=O) groups excluding carboxylic acids is 1. The SMILES string of the molecule is CN(CC(=O)Nc1ccccc1I)C(CN)C1CC1. The van der Waals surface area contributed by atoms with Crippen molar-refractivity contribution >= 4 is 34.2 Å². The maximum atomic E-state index is 12.0. The van der Waals surface area contributed by atoms with Gasteiger partial charge >= 0.3 is 0 Å². The van der Waals surface area contributed by atoms with Crippen molar-refractivity contribution in [1.29, 1.82) is 0 Å². The van der Waals surface area contributed by atoms with E-state index in [4.69, 9.17) is 5.73 Å². The first-order chi connectivity index (χ1) is 9.11. The van der Waals surface area contributed by atoms with E-state index in [1.165, 1.54) is 12.8 Å². The Morgan fingerprint density at radius 3 is 2.79 bits per heavy atom. The lowest BCUT2D eigenvalue weighted by Gasteiger charge is -2.26. The largest absolute Gasteiger partial charge is 0.329 e. The molecule has 104 valence electrons. The smallest absolute Gasteiger partial charge is 0.238 e. The number of benzene rings is 1. The minimum Gasteiger partial charge on any atom is -0.329 e. The Kier molecular flexibility index (Phi) is 5.18. The molecule has 0 bridgehead atoms. The molecule has 0 heterocycles. The standard InChI is InChI=1S/C14H20IN3O/c1-18(13(8-16)10-6-7-10)9-14(19)17-12-5-3-2-4-11(12)15/h2-5,10,13H,6-9,16H2,1H3,(H,17,19). The molecule has 1 aliphatic rings. The lowest BCUT2D eigenvalue weighted by molar-refractivity contribution is -0.117. The molecule has 1 amide bonds. The van der Waals surface area contributed by atoms with Crippen LogP contribution in [0, 0.1) is 9.49 Å². The summed E-state index contributed by atoms with van der Waals surface area (Å²) in [5, 5.41) is 2.95. The van der Waals surface area contributed by atoms with Gasteiger partial charge in [0.1, 0.15) is 0 Å². The van der Waals surface area contributed by atoms with Gasteiger partial charge < -0.3 is 11.1 Å². The number of hydrogen-bond donors (Lipinski definition) is 2. The van der Waals surface area contributed by atoms with Gasteiger partial charge in [-0.05, 0) is 60.5 Å². The molecule has 0 aromatic heterocycles. The molecule has 1 fully saturated rings. The number of halogens is 1. The number of likely N-dealkylation sites (N-methyl/N-ethyl adjacent to an activating group) is 1. The minimum absolute atomic E-state index is 0.0192. The number of nitrogens with two attached hydrogens (primary N) is 1. The molecular formula is C14H20IN3O. The van der Waals surface area contributed by atoms with E-state index in [1.807, 2.05) is 31.3 Å². The van der Waals surface area contributed by atoms with Crippen molar-refractivity contribution in [1.82, 2.24) is 4.90 Å². The van der Waals surface area contributed by atoms with Crippen LogP contribution in [0.1, 0.15) is 12.8 Å². The summed E-state index contributed by atoms with van der Waals surface area (Å²) in [6.07, 6.45) is 2.48. The van der Waals surface area contributed by atoms with Crippen LogP contribution in [0.15, 0.2) is 24.3 Å². The van der Waals surface area contributed by atoms with E-state index in [2.05, 4.69) is 32.8 Å². The first-order valence-electron chi connectivity index (χ1n) is 6.56. The highest BCUT2D eigenvalue weighted by atomic mass is 127. The van der Waals surface area contributed by atoms with E-state index in [9.17, 15) is 4.79 Å². The zero-order valence-electron chi connectivity index (χ0n) is 11.1. The fourth-order valence-corrected chi connectivity index (χ4v) is 2.83. The highest BCUT2D eigenvalue weighted by Gasteiger charge is 2.33. The average Bonchev–Trinajstić information content (AvgIpc) is 3.17.